The van der Waals surface area contributed by atoms with Crippen molar-refractivity contribution < 1.29 is 18.3 Å². The molecule has 2 rings (SSSR count). The molecule has 104 valence electrons. The van der Waals surface area contributed by atoms with Crippen molar-refractivity contribution in [1.82, 2.24) is 4.90 Å². The van der Waals surface area contributed by atoms with E-state index in [2.05, 4.69) is 0 Å². The van der Waals surface area contributed by atoms with E-state index in [-0.39, 0.29) is 12.0 Å². The summed E-state index contributed by atoms with van der Waals surface area (Å²) in [4.78, 5) is 12.8. The molecule has 3 nitrogen and oxygen atoms in total. The quantitative estimate of drug-likeness (QED) is 0.844. The fourth-order valence-electron chi connectivity index (χ4n) is 2.56. The number of alkyl halides is 2. The van der Waals surface area contributed by atoms with Crippen molar-refractivity contribution in [3.63, 3.8) is 0 Å². The summed E-state index contributed by atoms with van der Waals surface area (Å²) in [5.41, 5.74) is 0.874. The predicted molar refractivity (Wildman–Crippen MR) is 67.2 cm³/mol. The lowest BCUT2D eigenvalue weighted by Crippen LogP contribution is -2.35. The first kappa shape index (κ1) is 13.8. The van der Waals surface area contributed by atoms with Crippen LogP contribution in [0.5, 0.6) is 5.75 Å². The van der Waals surface area contributed by atoms with Crippen molar-refractivity contribution in [2.45, 2.75) is 25.8 Å². The van der Waals surface area contributed by atoms with Gasteiger partial charge in [-0.15, -0.1) is 0 Å². The monoisotopic (exact) mass is 269 g/mol. The van der Waals surface area contributed by atoms with E-state index in [1.807, 2.05) is 19.1 Å². The molecule has 1 heterocycles. The van der Waals surface area contributed by atoms with Crippen molar-refractivity contribution in [1.29, 1.82) is 0 Å². The van der Waals surface area contributed by atoms with Crippen molar-refractivity contribution in [3.05, 3.63) is 29.8 Å². The first-order chi connectivity index (χ1) is 9.02. The van der Waals surface area contributed by atoms with E-state index in [4.69, 9.17) is 4.74 Å². The molecule has 1 amide bonds. The van der Waals surface area contributed by atoms with Gasteiger partial charge in [-0.2, -0.15) is 8.78 Å². The third-order valence-electron chi connectivity index (χ3n) is 3.48. The molecule has 5 heteroatoms. The van der Waals surface area contributed by atoms with Crippen LogP contribution >= 0.6 is 0 Å². The Bertz CT molecular complexity index is 447. The molecule has 1 aliphatic heterocycles. The number of methoxy groups -OCH3 is 1. The number of halogens is 2. The van der Waals surface area contributed by atoms with Crippen LogP contribution in [-0.4, -0.2) is 30.9 Å². The summed E-state index contributed by atoms with van der Waals surface area (Å²) >= 11 is 0. The fourth-order valence-corrected chi connectivity index (χ4v) is 2.56. The summed E-state index contributed by atoms with van der Waals surface area (Å²) in [6.07, 6.45) is -2.23. The van der Waals surface area contributed by atoms with Crippen LogP contribution in [-0.2, 0) is 4.79 Å². The Balaban J connectivity index is 2.22. The zero-order valence-corrected chi connectivity index (χ0v) is 11.0. The summed E-state index contributed by atoms with van der Waals surface area (Å²) < 4.78 is 30.3. The minimum Gasteiger partial charge on any atom is -0.497 e. The van der Waals surface area contributed by atoms with Crippen molar-refractivity contribution in [2.24, 2.45) is 5.92 Å². The lowest BCUT2D eigenvalue weighted by atomic mass is 10.0. The van der Waals surface area contributed by atoms with E-state index in [0.717, 1.165) is 5.56 Å². The first-order valence-electron chi connectivity index (χ1n) is 6.25. The van der Waals surface area contributed by atoms with Crippen LogP contribution in [0, 0.1) is 5.92 Å². The van der Waals surface area contributed by atoms with Gasteiger partial charge in [0.15, 0.2) is 0 Å². The standard InChI is InChI=1S/C14H17F2NO2/c1-9-7-12(17(8-9)14(18)13(15)16)10-3-5-11(19-2)6-4-10/h3-6,9,12-13H,7-8H2,1-2H3/t9-,12-/m1/s1. The highest BCUT2D eigenvalue weighted by Crippen LogP contribution is 2.36. The van der Waals surface area contributed by atoms with E-state index < -0.39 is 12.3 Å². The molecule has 1 fully saturated rings. The Morgan fingerprint density at radius 3 is 2.53 bits per heavy atom. The van der Waals surface area contributed by atoms with Crippen LogP contribution in [0.2, 0.25) is 0 Å². The van der Waals surface area contributed by atoms with Crippen LogP contribution in [0.1, 0.15) is 24.9 Å². The molecule has 1 aliphatic rings. The van der Waals surface area contributed by atoms with Crippen LogP contribution in [0.25, 0.3) is 0 Å². The van der Waals surface area contributed by atoms with Crippen LogP contribution < -0.4 is 4.74 Å². The average Bonchev–Trinajstić information content (AvgIpc) is 2.79. The molecule has 1 aromatic rings. The zero-order valence-electron chi connectivity index (χ0n) is 11.0. The molecule has 0 aromatic heterocycles. The van der Waals surface area contributed by atoms with Gasteiger partial charge in [0.2, 0.25) is 0 Å². The van der Waals surface area contributed by atoms with Gasteiger partial charge in [0.25, 0.3) is 5.91 Å². The van der Waals surface area contributed by atoms with E-state index in [9.17, 15) is 13.6 Å². The fraction of sp³-hybridized carbons (Fsp3) is 0.500. The van der Waals surface area contributed by atoms with Gasteiger partial charge < -0.3 is 9.64 Å². The molecule has 0 spiro atoms. The van der Waals surface area contributed by atoms with E-state index >= 15 is 0 Å². The highest BCUT2D eigenvalue weighted by Gasteiger charge is 2.37. The molecule has 2 atom stereocenters. The maximum Gasteiger partial charge on any atom is 0.315 e. The second kappa shape index (κ2) is 5.55. The average molecular weight is 269 g/mol. The summed E-state index contributed by atoms with van der Waals surface area (Å²) in [6, 6.07) is 6.95. The van der Waals surface area contributed by atoms with Gasteiger partial charge in [0.05, 0.1) is 13.2 Å². The number of hydrogen-bond acceptors (Lipinski definition) is 2. The second-order valence-corrected chi connectivity index (χ2v) is 4.92. The Morgan fingerprint density at radius 2 is 2.00 bits per heavy atom. The molecule has 0 aliphatic carbocycles. The normalized spacial score (nSPS) is 22.9. The molecule has 1 saturated heterocycles. The smallest absolute Gasteiger partial charge is 0.315 e. The van der Waals surface area contributed by atoms with Gasteiger partial charge in [0.1, 0.15) is 5.75 Å². The zero-order chi connectivity index (χ0) is 14.0. The number of nitrogens with zero attached hydrogens (tertiary/aromatic N) is 1. The number of rotatable bonds is 3. The number of hydrogen-bond donors (Lipinski definition) is 0. The van der Waals surface area contributed by atoms with E-state index in [1.165, 1.54) is 4.90 Å². The molecular formula is C14H17F2NO2. The molecule has 0 bridgehead atoms. The number of benzene rings is 1. The predicted octanol–water partition coefficient (Wildman–Crippen LogP) is 2.87. The highest BCUT2D eigenvalue weighted by molar-refractivity contribution is 5.80. The SMILES string of the molecule is COc1ccc([C@H]2C[C@@H](C)CN2C(=O)C(F)F)cc1. The Kier molecular flexibility index (Phi) is 4.02. The maximum atomic E-state index is 12.6. The van der Waals surface area contributed by atoms with Gasteiger partial charge in [-0.25, -0.2) is 0 Å². The van der Waals surface area contributed by atoms with Gasteiger partial charge in [0, 0.05) is 6.54 Å². The van der Waals surface area contributed by atoms with Crippen molar-refractivity contribution in [3.8, 4) is 5.75 Å². The molecular weight excluding hydrogens is 252 g/mol. The Hall–Kier alpha value is -1.65. The number of amides is 1. The second-order valence-electron chi connectivity index (χ2n) is 4.92. The van der Waals surface area contributed by atoms with Crippen molar-refractivity contribution in [2.75, 3.05) is 13.7 Å². The molecule has 0 N–H and O–H groups in total. The molecule has 0 unspecified atom stereocenters. The van der Waals surface area contributed by atoms with Crippen molar-refractivity contribution >= 4 is 5.91 Å². The highest BCUT2D eigenvalue weighted by atomic mass is 19.3. The summed E-state index contributed by atoms with van der Waals surface area (Å²) in [5.74, 6) is -0.137. The largest absolute Gasteiger partial charge is 0.497 e. The minimum absolute atomic E-state index is 0.231. The first-order valence-corrected chi connectivity index (χ1v) is 6.25. The van der Waals surface area contributed by atoms with E-state index in [0.29, 0.717) is 18.7 Å². The Labute approximate surface area is 111 Å². The molecule has 19 heavy (non-hydrogen) atoms. The lowest BCUT2D eigenvalue weighted by molar-refractivity contribution is -0.143. The van der Waals surface area contributed by atoms with E-state index in [1.54, 1.807) is 19.2 Å². The van der Waals surface area contributed by atoms with Gasteiger partial charge in [-0.05, 0) is 30.0 Å². The molecule has 1 aromatic carbocycles. The number of likely N-dealkylation sites (tertiary alicyclic amines) is 1. The van der Waals surface area contributed by atoms with Crippen LogP contribution in [0.4, 0.5) is 8.78 Å². The summed E-state index contributed by atoms with van der Waals surface area (Å²) in [7, 11) is 1.57. The topological polar surface area (TPSA) is 29.5 Å². The van der Waals surface area contributed by atoms with Crippen LogP contribution in [0.3, 0.4) is 0 Å². The summed E-state index contributed by atoms with van der Waals surface area (Å²) in [6.45, 7) is 2.36. The van der Waals surface area contributed by atoms with Gasteiger partial charge in [-0.3, -0.25) is 4.79 Å². The lowest BCUT2D eigenvalue weighted by Gasteiger charge is -2.24. The number of ether oxygens (including phenoxy) is 1. The minimum atomic E-state index is -2.94. The third kappa shape index (κ3) is 2.85. The maximum absolute atomic E-state index is 12.6. The van der Waals surface area contributed by atoms with Crippen LogP contribution in [0.15, 0.2) is 24.3 Å². The number of carbonyl (C=O) groups excluding carboxylic acids is 1. The summed E-state index contributed by atoms with van der Waals surface area (Å²) in [5, 5.41) is 0. The third-order valence-corrected chi connectivity index (χ3v) is 3.48. The van der Waals surface area contributed by atoms with Gasteiger partial charge in [-0.1, -0.05) is 19.1 Å². The number of carbonyl (C=O) groups is 1. The van der Waals surface area contributed by atoms with Gasteiger partial charge >= 0.3 is 6.43 Å². The molecule has 0 saturated carbocycles. The molecule has 0 radical (unpaired) electrons. The Morgan fingerprint density at radius 1 is 1.37 bits per heavy atom.